The zero-order chi connectivity index (χ0) is 17.1. The van der Waals surface area contributed by atoms with Crippen molar-refractivity contribution in [1.82, 2.24) is 0 Å². The first-order valence-corrected chi connectivity index (χ1v) is 6.33. The van der Waals surface area contributed by atoms with Crippen molar-refractivity contribution >= 4 is 40.4 Å². The largest absolute Gasteiger partial charge is 0.289 e. The van der Waals surface area contributed by atoms with E-state index in [1.165, 1.54) is 6.08 Å². The standard InChI is InChI=1S/C13H6ClN3O6/c14-10-5-7(1-4-12(10)18)15-13(19)9-3-2-8(16(20)21)6-11(9)17(22)23/h1-6H. The number of aliphatic imine (C=N–C) groups is 1. The van der Waals surface area contributed by atoms with Crippen molar-refractivity contribution in [3.63, 3.8) is 0 Å². The third-order valence-electron chi connectivity index (χ3n) is 2.77. The predicted molar refractivity (Wildman–Crippen MR) is 79.6 cm³/mol. The van der Waals surface area contributed by atoms with Crippen molar-refractivity contribution in [3.05, 3.63) is 67.3 Å². The second-order valence-electron chi connectivity index (χ2n) is 4.25. The maximum Gasteiger partial charge on any atom is 0.289 e. The lowest BCUT2D eigenvalue weighted by molar-refractivity contribution is -0.394. The van der Waals surface area contributed by atoms with Crippen LogP contribution in [-0.2, 0) is 4.79 Å². The highest BCUT2D eigenvalue weighted by Crippen LogP contribution is 2.25. The summed E-state index contributed by atoms with van der Waals surface area (Å²) in [4.78, 5) is 46.7. The number of halogens is 1. The minimum Gasteiger partial charge on any atom is -0.288 e. The van der Waals surface area contributed by atoms with Gasteiger partial charge in [-0.25, -0.2) is 4.99 Å². The number of carbonyl (C=O) groups excluding carboxylic acids is 2. The molecule has 1 aromatic rings. The average molecular weight is 336 g/mol. The van der Waals surface area contributed by atoms with E-state index in [2.05, 4.69) is 4.99 Å². The molecule has 1 aliphatic carbocycles. The van der Waals surface area contributed by atoms with E-state index in [1.807, 2.05) is 0 Å². The van der Waals surface area contributed by atoms with E-state index in [9.17, 15) is 29.8 Å². The molecule has 1 aromatic carbocycles. The Morgan fingerprint density at radius 2 is 1.83 bits per heavy atom. The number of ketones is 1. The van der Waals surface area contributed by atoms with Gasteiger partial charge in [0.25, 0.3) is 17.3 Å². The minimum atomic E-state index is -0.985. The van der Waals surface area contributed by atoms with Crippen LogP contribution in [-0.4, -0.2) is 27.2 Å². The molecular formula is C13H6ClN3O6. The maximum atomic E-state index is 12.1. The van der Waals surface area contributed by atoms with E-state index in [-0.39, 0.29) is 10.7 Å². The fourth-order valence-corrected chi connectivity index (χ4v) is 1.88. The Balaban J connectivity index is 2.44. The summed E-state index contributed by atoms with van der Waals surface area (Å²) < 4.78 is 0. The maximum absolute atomic E-state index is 12.1. The molecule has 0 heterocycles. The average Bonchev–Trinajstić information content (AvgIpc) is 2.50. The Hall–Kier alpha value is -3.20. The second-order valence-corrected chi connectivity index (χ2v) is 4.65. The number of hydrogen-bond acceptors (Lipinski definition) is 6. The molecule has 0 aromatic heterocycles. The van der Waals surface area contributed by atoms with Crippen LogP contribution in [0.25, 0.3) is 0 Å². The summed E-state index contributed by atoms with van der Waals surface area (Å²) in [6.07, 6.45) is 3.46. The summed E-state index contributed by atoms with van der Waals surface area (Å²) in [5.41, 5.74) is -1.64. The zero-order valence-corrected chi connectivity index (χ0v) is 11.9. The van der Waals surface area contributed by atoms with Crippen LogP contribution in [0.3, 0.4) is 0 Å². The van der Waals surface area contributed by atoms with Crippen LogP contribution < -0.4 is 0 Å². The highest BCUT2D eigenvalue weighted by atomic mass is 35.5. The second kappa shape index (κ2) is 6.28. The molecule has 10 heteroatoms. The van der Waals surface area contributed by atoms with E-state index in [0.29, 0.717) is 6.07 Å². The molecule has 0 atom stereocenters. The Labute approximate surface area is 132 Å². The predicted octanol–water partition coefficient (Wildman–Crippen LogP) is 2.35. The van der Waals surface area contributed by atoms with Crippen molar-refractivity contribution in [2.75, 3.05) is 0 Å². The molecule has 116 valence electrons. The van der Waals surface area contributed by atoms with E-state index in [4.69, 9.17) is 11.6 Å². The number of nitro groups is 2. The summed E-state index contributed by atoms with van der Waals surface area (Å²) in [7, 11) is 0. The molecule has 0 radical (unpaired) electrons. The minimum absolute atomic E-state index is 0.0345. The first-order chi connectivity index (χ1) is 10.8. The van der Waals surface area contributed by atoms with Crippen LogP contribution in [0.15, 0.2) is 46.5 Å². The molecule has 1 amide bonds. The van der Waals surface area contributed by atoms with Crippen LogP contribution in [0.5, 0.6) is 0 Å². The van der Waals surface area contributed by atoms with Crippen molar-refractivity contribution in [2.24, 2.45) is 4.99 Å². The third kappa shape index (κ3) is 3.52. The summed E-state index contributed by atoms with van der Waals surface area (Å²) >= 11 is 5.61. The van der Waals surface area contributed by atoms with Crippen LogP contribution in [0.1, 0.15) is 10.4 Å². The van der Waals surface area contributed by atoms with Gasteiger partial charge < -0.3 is 0 Å². The zero-order valence-electron chi connectivity index (χ0n) is 11.1. The lowest BCUT2D eigenvalue weighted by atomic mass is 10.1. The Kier molecular flexibility index (Phi) is 4.42. The van der Waals surface area contributed by atoms with Crippen LogP contribution in [0.2, 0.25) is 0 Å². The van der Waals surface area contributed by atoms with Crippen molar-refractivity contribution in [1.29, 1.82) is 0 Å². The lowest BCUT2D eigenvalue weighted by Gasteiger charge is -2.03. The number of allylic oxidation sites excluding steroid dienone is 4. The number of amides is 1. The highest BCUT2D eigenvalue weighted by molar-refractivity contribution is 6.47. The number of carbonyl (C=O) groups is 2. The fourth-order valence-electron chi connectivity index (χ4n) is 1.70. The molecule has 2 rings (SSSR count). The number of benzene rings is 1. The molecule has 0 N–H and O–H groups in total. The van der Waals surface area contributed by atoms with E-state index in [1.54, 1.807) is 0 Å². The molecule has 0 saturated carbocycles. The highest BCUT2D eigenvalue weighted by Gasteiger charge is 2.24. The van der Waals surface area contributed by atoms with Crippen LogP contribution >= 0.6 is 11.6 Å². The summed E-state index contributed by atoms with van der Waals surface area (Å²) in [6.45, 7) is 0. The Morgan fingerprint density at radius 1 is 1.13 bits per heavy atom. The Bertz CT molecular complexity index is 840. The van der Waals surface area contributed by atoms with Gasteiger partial charge in [0.2, 0.25) is 0 Å². The van der Waals surface area contributed by atoms with E-state index >= 15 is 0 Å². The van der Waals surface area contributed by atoms with Gasteiger partial charge in [-0.15, -0.1) is 0 Å². The van der Waals surface area contributed by atoms with E-state index < -0.39 is 38.5 Å². The fraction of sp³-hybridized carbons (Fsp3) is 0. The van der Waals surface area contributed by atoms with Crippen LogP contribution in [0.4, 0.5) is 11.4 Å². The van der Waals surface area contributed by atoms with Gasteiger partial charge in [0.1, 0.15) is 5.56 Å². The topological polar surface area (TPSA) is 133 Å². The number of hydrogen-bond donors (Lipinski definition) is 0. The molecule has 0 bridgehead atoms. The Morgan fingerprint density at radius 3 is 2.39 bits per heavy atom. The summed E-state index contributed by atoms with van der Waals surface area (Å²) in [6, 6.07) is 2.59. The van der Waals surface area contributed by atoms with Gasteiger partial charge in [-0.3, -0.25) is 29.8 Å². The van der Waals surface area contributed by atoms with Gasteiger partial charge in [0.15, 0.2) is 5.78 Å². The van der Waals surface area contributed by atoms with Crippen molar-refractivity contribution in [3.8, 4) is 0 Å². The molecule has 0 fully saturated rings. The SMILES string of the molecule is O=C1C=CC(=NC(=O)c2ccc([N+](=O)[O-])cc2[N+](=O)[O-])C=C1Cl. The van der Waals surface area contributed by atoms with Crippen molar-refractivity contribution in [2.45, 2.75) is 0 Å². The quantitative estimate of drug-likeness (QED) is 0.473. The van der Waals surface area contributed by atoms with Crippen LogP contribution in [0, 0.1) is 20.2 Å². The monoisotopic (exact) mass is 335 g/mol. The molecular weight excluding hydrogens is 330 g/mol. The summed E-state index contributed by atoms with van der Waals surface area (Å²) in [5, 5.41) is 21.5. The first kappa shape index (κ1) is 16.2. The van der Waals surface area contributed by atoms with Gasteiger partial charge >= 0.3 is 0 Å². The number of nitrogens with zero attached hydrogens (tertiary/aromatic N) is 3. The lowest BCUT2D eigenvalue weighted by Crippen LogP contribution is -2.08. The van der Waals surface area contributed by atoms with E-state index in [0.717, 1.165) is 24.3 Å². The molecule has 9 nitrogen and oxygen atoms in total. The van der Waals surface area contributed by atoms with Gasteiger partial charge in [-0.05, 0) is 24.3 Å². The molecule has 0 saturated heterocycles. The number of non-ortho nitro benzene ring substituents is 1. The molecule has 23 heavy (non-hydrogen) atoms. The molecule has 0 unspecified atom stereocenters. The number of nitro benzene ring substituents is 2. The summed E-state index contributed by atoms with van der Waals surface area (Å²) in [5.74, 6) is -1.44. The van der Waals surface area contributed by atoms with Gasteiger partial charge in [0, 0.05) is 6.07 Å². The molecule has 0 aliphatic heterocycles. The smallest absolute Gasteiger partial charge is 0.288 e. The number of rotatable bonds is 3. The molecule has 1 aliphatic rings. The third-order valence-corrected chi connectivity index (χ3v) is 3.06. The van der Waals surface area contributed by atoms with Gasteiger partial charge in [0.05, 0.1) is 26.7 Å². The first-order valence-electron chi connectivity index (χ1n) is 5.95. The van der Waals surface area contributed by atoms with Gasteiger partial charge in [-0.2, -0.15) is 0 Å². The molecule has 0 spiro atoms. The van der Waals surface area contributed by atoms with Gasteiger partial charge in [-0.1, -0.05) is 11.6 Å². The normalized spacial score (nSPS) is 15.4. The van der Waals surface area contributed by atoms with Crippen molar-refractivity contribution < 1.29 is 19.4 Å².